The Labute approximate surface area is 212 Å². The van der Waals surface area contributed by atoms with E-state index < -0.39 is 17.3 Å². The minimum Gasteiger partial charge on any atom is -0.396 e. The van der Waals surface area contributed by atoms with Gasteiger partial charge in [0.15, 0.2) is 6.29 Å². The van der Waals surface area contributed by atoms with Crippen LogP contribution in [0.4, 0.5) is 0 Å². The van der Waals surface area contributed by atoms with Gasteiger partial charge in [0.05, 0.1) is 17.1 Å². The van der Waals surface area contributed by atoms with Gasteiger partial charge in [0.1, 0.15) is 6.29 Å². The van der Waals surface area contributed by atoms with Crippen LogP contribution in [0.3, 0.4) is 0 Å². The summed E-state index contributed by atoms with van der Waals surface area (Å²) >= 11 is 0. The van der Waals surface area contributed by atoms with Crippen molar-refractivity contribution in [3.63, 3.8) is 0 Å². The largest absolute Gasteiger partial charge is 0.396 e. The average Bonchev–Trinajstić information content (AvgIpc) is 3.10. The molecule has 0 radical (unpaired) electrons. The molecule has 1 saturated carbocycles. The quantitative estimate of drug-likeness (QED) is 0.159. The molecule has 2 fully saturated rings. The Hall–Kier alpha value is -1.79. The van der Waals surface area contributed by atoms with E-state index in [0.717, 1.165) is 30.3 Å². The van der Waals surface area contributed by atoms with Gasteiger partial charge in [-0.15, -0.1) is 0 Å². The van der Waals surface area contributed by atoms with E-state index in [1.165, 1.54) is 11.1 Å². The Morgan fingerprint density at radius 1 is 1.20 bits per heavy atom. The van der Waals surface area contributed by atoms with Crippen molar-refractivity contribution in [1.29, 1.82) is 0 Å². The summed E-state index contributed by atoms with van der Waals surface area (Å²) in [5.41, 5.74) is 3.20. The number of aldehydes is 1. The number of aliphatic hydroxyl groups is 3. The summed E-state index contributed by atoms with van der Waals surface area (Å²) in [7, 11) is 0. The number of carbonyl (C=O) groups is 1. The monoisotopic (exact) mass is 486 g/mol. The van der Waals surface area contributed by atoms with Crippen molar-refractivity contribution in [2.75, 3.05) is 6.61 Å². The second-order valence-corrected chi connectivity index (χ2v) is 10.9. The molecule has 0 bridgehead atoms. The third kappa shape index (κ3) is 7.13. The fraction of sp³-hybridized carbons (Fsp3) is 0.633. The minimum atomic E-state index is -1.16. The van der Waals surface area contributed by atoms with Gasteiger partial charge >= 0.3 is 0 Å². The first-order valence-electron chi connectivity index (χ1n) is 13.0. The maximum Gasteiger partial charge on any atom is 0.164 e. The molecule has 5 atom stereocenters. The molecule has 1 heterocycles. The van der Waals surface area contributed by atoms with Crippen LogP contribution in [0.1, 0.15) is 86.5 Å². The smallest absolute Gasteiger partial charge is 0.164 e. The number of carbonyl (C=O) groups excluding carboxylic acids is 1. The average molecular weight is 487 g/mol. The van der Waals surface area contributed by atoms with Gasteiger partial charge in [-0.2, -0.15) is 0 Å². The molecule has 0 amide bonds. The van der Waals surface area contributed by atoms with E-state index in [-0.39, 0.29) is 18.6 Å². The van der Waals surface area contributed by atoms with E-state index in [0.29, 0.717) is 37.7 Å². The highest BCUT2D eigenvalue weighted by atomic mass is 16.6. The first-order valence-corrected chi connectivity index (χ1v) is 13.0. The second kappa shape index (κ2) is 13.0. The van der Waals surface area contributed by atoms with Crippen molar-refractivity contribution >= 4 is 6.29 Å². The molecular weight excluding hydrogens is 440 g/mol. The summed E-state index contributed by atoms with van der Waals surface area (Å²) in [5.74, 6) is -0.237. The normalized spacial score (nSPS) is 33.5. The highest BCUT2D eigenvalue weighted by Gasteiger charge is 2.64. The van der Waals surface area contributed by atoms with Gasteiger partial charge in [0.2, 0.25) is 0 Å². The molecule has 2 rings (SSSR count). The van der Waals surface area contributed by atoms with E-state index in [4.69, 9.17) is 4.74 Å². The van der Waals surface area contributed by atoms with E-state index in [9.17, 15) is 20.1 Å². The van der Waals surface area contributed by atoms with Crippen LogP contribution in [0.5, 0.6) is 0 Å². The minimum absolute atomic E-state index is 0.0214. The first kappa shape index (κ1) is 29.4. The predicted octanol–water partition coefficient (Wildman–Crippen LogP) is 5.72. The number of ether oxygens (including phenoxy) is 1. The lowest BCUT2D eigenvalue weighted by atomic mass is 9.53. The molecule has 0 aromatic heterocycles. The van der Waals surface area contributed by atoms with E-state index in [2.05, 4.69) is 32.9 Å². The van der Waals surface area contributed by atoms with E-state index >= 15 is 0 Å². The van der Waals surface area contributed by atoms with Gasteiger partial charge in [-0.25, -0.2) is 0 Å². The molecule has 196 valence electrons. The van der Waals surface area contributed by atoms with Gasteiger partial charge in [-0.1, -0.05) is 52.7 Å². The lowest BCUT2D eigenvalue weighted by Gasteiger charge is -2.53. The van der Waals surface area contributed by atoms with Crippen molar-refractivity contribution in [3.05, 3.63) is 58.2 Å². The molecule has 1 spiro atoms. The summed E-state index contributed by atoms with van der Waals surface area (Å²) in [6.07, 6.45) is 14.5. The zero-order valence-electron chi connectivity index (χ0n) is 22.5. The predicted molar refractivity (Wildman–Crippen MR) is 142 cm³/mol. The summed E-state index contributed by atoms with van der Waals surface area (Å²) in [5, 5.41) is 32.3. The summed E-state index contributed by atoms with van der Waals surface area (Å²) in [4.78, 5) is 11.6. The standard InChI is InChI=1S/C30H46O5/c1-21(2)10-7-11-22(3)12-8-13-23(4)18-25-19-30(28(33)35-25)27(14-9-17-31)26(24(5)20-32)15-16-29(30,6)34/h8,10,12-13,18,20,25,27-28,31,33-34H,7,9,11,14-17,19H2,1-6H3/b13-8+,22-12+,23-18+,26-24-/t25?,27-,28?,29+,30+/m1/s1. The number of hydrogen-bond acceptors (Lipinski definition) is 5. The Kier molecular flexibility index (Phi) is 10.9. The molecule has 5 heteroatoms. The molecule has 1 saturated heterocycles. The van der Waals surface area contributed by atoms with Crippen LogP contribution in [-0.4, -0.2) is 46.2 Å². The molecule has 0 aromatic carbocycles. The number of aliphatic hydroxyl groups excluding tert-OH is 2. The Bertz CT molecular complexity index is 884. The molecule has 1 aliphatic heterocycles. The van der Waals surface area contributed by atoms with Crippen molar-refractivity contribution in [1.82, 2.24) is 0 Å². The van der Waals surface area contributed by atoms with Crippen LogP contribution in [0.25, 0.3) is 0 Å². The van der Waals surface area contributed by atoms with Crippen LogP contribution in [-0.2, 0) is 9.53 Å². The third-order valence-corrected chi connectivity index (χ3v) is 7.82. The highest BCUT2D eigenvalue weighted by Crippen LogP contribution is 2.60. The number of allylic oxidation sites excluding steroid dienone is 9. The van der Waals surface area contributed by atoms with E-state index in [1.807, 2.05) is 25.2 Å². The maximum absolute atomic E-state index is 11.6. The molecule has 2 aliphatic rings. The second-order valence-electron chi connectivity index (χ2n) is 10.9. The molecule has 3 N–H and O–H groups in total. The first-order chi connectivity index (χ1) is 16.5. The highest BCUT2D eigenvalue weighted by molar-refractivity contribution is 5.74. The van der Waals surface area contributed by atoms with Crippen LogP contribution in [0.2, 0.25) is 0 Å². The van der Waals surface area contributed by atoms with Crippen LogP contribution >= 0.6 is 0 Å². The van der Waals surface area contributed by atoms with Crippen molar-refractivity contribution in [2.45, 2.75) is 104 Å². The summed E-state index contributed by atoms with van der Waals surface area (Å²) in [6, 6.07) is 0. The van der Waals surface area contributed by atoms with Gasteiger partial charge in [0.25, 0.3) is 0 Å². The van der Waals surface area contributed by atoms with Gasteiger partial charge in [-0.05, 0) is 98.0 Å². The van der Waals surface area contributed by atoms with Gasteiger partial charge < -0.3 is 20.1 Å². The van der Waals surface area contributed by atoms with Crippen LogP contribution < -0.4 is 0 Å². The summed E-state index contributed by atoms with van der Waals surface area (Å²) < 4.78 is 6.03. The third-order valence-electron chi connectivity index (χ3n) is 7.82. The van der Waals surface area contributed by atoms with Crippen molar-refractivity contribution < 1.29 is 24.9 Å². The zero-order chi connectivity index (χ0) is 26.2. The fourth-order valence-corrected chi connectivity index (χ4v) is 5.80. The topological polar surface area (TPSA) is 87.0 Å². The Morgan fingerprint density at radius 3 is 2.54 bits per heavy atom. The Balaban J connectivity index is 2.26. The zero-order valence-corrected chi connectivity index (χ0v) is 22.5. The molecule has 1 aliphatic carbocycles. The van der Waals surface area contributed by atoms with Crippen LogP contribution in [0.15, 0.2) is 58.2 Å². The molecule has 0 aromatic rings. The van der Waals surface area contributed by atoms with Crippen molar-refractivity contribution in [2.24, 2.45) is 11.3 Å². The van der Waals surface area contributed by atoms with E-state index in [1.54, 1.807) is 13.8 Å². The van der Waals surface area contributed by atoms with Gasteiger partial charge in [-0.3, -0.25) is 4.79 Å². The lowest BCUT2D eigenvalue weighted by molar-refractivity contribution is -0.219. The molecule has 35 heavy (non-hydrogen) atoms. The molecule has 5 nitrogen and oxygen atoms in total. The van der Waals surface area contributed by atoms with Crippen molar-refractivity contribution in [3.8, 4) is 0 Å². The molecular formula is C30H46O5. The number of rotatable bonds is 10. The molecule has 2 unspecified atom stereocenters. The summed E-state index contributed by atoms with van der Waals surface area (Å²) in [6.45, 7) is 12.0. The van der Waals surface area contributed by atoms with Gasteiger partial charge in [0, 0.05) is 6.61 Å². The maximum atomic E-state index is 11.6. The SMILES string of the molecule is CC(C)=CCC/C(C)=C/C=C/C(C)=C/C1C[C@@]2(C(O)O1)[C@H](CCCO)/C(=C(/C)C=O)CC[C@]2(C)O. The fourth-order valence-electron chi connectivity index (χ4n) is 5.80. The number of hydrogen-bond donors (Lipinski definition) is 3. The lowest BCUT2D eigenvalue weighted by Crippen LogP contribution is -2.58. The van der Waals surface area contributed by atoms with Crippen LogP contribution in [0, 0.1) is 11.3 Å². The Morgan fingerprint density at radius 2 is 1.91 bits per heavy atom.